The minimum Gasteiger partial charge on any atom is -0.367 e. The Labute approximate surface area is 726 Å². The van der Waals surface area contributed by atoms with Gasteiger partial charge in [-0.05, 0) is 233 Å². The molecule has 13 rings (SSSR count). The van der Waals surface area contributed by atoms with Gasteiger partial charge in [0.1, 0.15) is 5.82 Å². The van der Waals surface area contributed by atoms with Gasteiger partial charge in [-0.25, -0.2) is 9.37 Å². The highest BCUT2D eigenvalue weighted by atomic mass is 19.1. The lowest BCUT2D eigenvalue weighted by molar-refractivity contribution is -0.119. The van der Waals surface area contributed by atoms with E-state index in [-0.39, 0.29) is 70.6 Å². The summed E-state index contributed by atoms with van der Waals surface area (Å²) >= 11 is 0. The van der Waals surface area contributed by atoms with Crippen molar-refractivity contribution in [1.82, 2.24) is 19.9 Å². The number of carbonyl (C=O) groups is 7. The smallest absolute Gasteiger partial charge is 0.226 e. The Bertz CT molecular complexity index is 5250. The zero-order valence-corrected chi connectivity index (χ0v) is 73.1. The lowest BCUT2D eigenvalue weighted by atomic mass is 9.98. The number of aryl methyl sites for hydroxylation is 8. The van der Waals surface area contributed by atoms with Crippen LogP contribution in [0.3, 0.4) is 0 Å². The van der Waals surface area contributed by atoms with E-state index in [9.17, 15) is 51.1 Å². The highest BCUT2D eigenvalue weighted by Gasteiger charge is 2.45. The molecule has 3 amide bonds. The van der Waals surface area contributed by atoms with E-state index in [1.807, 2.05) is 257 Å². The van der Waals surface area contributed by atoms with E-state index in [1.165, 1.54) is 12.1 Å². The first-order chi connectivity index (χ1) is 59.7. The number of benzene rings is 8. The molecule has 1 aliphatic carbocycles. The van der Waals surface area contributed by atoms with Crippen molar-refractivity contribution in [2.45, 2.75) is 172 Å². The molecule has 19 heteroatoms. The third-order valence-electron chi connectivity index (χ3n) is 23.0. The van der Waals surface area contributed by atoms with Gasteiger partial charge in [0.2, 0.25) is 35.6 Å². The second-order valence-corrected chi connectivity index (χ2v) is 30.8. The number of anilines is 4. The zero-order chi connectivity index (χ0) is 89.2. The number of hydrogen-bond donors (Lipinski definition) is 0. The lowest BCUT2D eigenvalue weighted by Crippen LogP contribution is -2.33. The minimum atomic E-state index is -0.881. The van der Waals surface area contributed by atoms with Crippen molar-refractivity contribution in [2.75, 3.05) is 46.3 Å². The van der Waals surface area contributed by atoms with Crippen molar-refractivity contribution in [1.29, 1.82) is 0 Å². The van der Waals surface area contributed by atoms with Crippen LogP contribution in [-0.2, 0) is 40.1 Å². The Morgan fingerprint density at radius 2 is 0.661 bits per heavy atom. The number of Topliss-reactive ketones (excluding diaryl/α,β-unsaturated/α-hetero) is 4. The number of nitrogens with zero attached hydrogens (tertiary/aromatic N) is 8. The normalized spacial score (nSPS) is 11.6. The number of aromatic nitrogens is 4. The molecule has 1 aliphatic rings. The summed E-state index contributed by atoms with van der Waals surface area (Å²) in [5.74, 6) is -2.00. The summed E-state index contributed by atoms with van der Waals surface area (Å²) in [7, 11) is 1.99. The van der Waals surface area contributed by atoms with Gasteiger partial charge in [-0.3, -0.25) is 43.5 Å². The van der Waals surface area contributed by atoms with Crippen LogP contribution < -0.4 is 19.6 Å². The third kappa shape index (κ3) is 24.9. The number of rotatable bonds is 32. The molecule has 0 N–H and O–H groups in total. The van der Waals surface area contributed by atoms with Gasteiger partial charge in [0.15, 0.2) is 23.1 Å². The standard InChI is InChI=1S/C27H29FN2O.C27H30N2O2.C26H27FN2O2.C25H24F2N2O2/c1-4-27(15-16-27)30(3)25-13-11-23(18-24(25)28)21-7-9-22(10-8-21)26(31)14-12-20-6-5-17-29-19(20)2;1-5-27(31)29(6-2)25-16-13-23(14-17-25)22-9-11-24(12-10-22)26(30)18-15-21-8-7-19(3)28-20(21)4;1-4-26(31)29(5-2)23-14-10-21(11-15-23)20-6-8-22(9-7-20)24(30)16-12-19-13-17-25(27)28-18(19)3;1-3-24(31)29(4-2)21-13-9-18(10-14-21)17-5-7-19(8-6-17)22(30)15-11-20-12-16-23(26)28-25(20)27/h5-11,13,17-18H,4,12,14-16H2,1-3H3;7-14,16-17H,5-6,15,18H2,1-4H3;6-11,13-15,17H,4-5,12,16H2,1-3H3;5-10,12-14,16H,3-4,11,15H2,1-2H3. The van der Waals surface area contributed by atoms with Crippen LogP contribution in [0.5, 0.6) is 0 Å². The van der Waals surface area contributed by atoms with E-state index in [2.05, 4.69) is 37.8 Å². The molecule has 124 heavy (non-hydrogen) atoms. The largest absolute Gasteiger partial charge is 0.367 e. The van der Waals surface area contributed by atoms with Crippen molar-refractivity contribution in [3.8, 4) is 44.5 Å². The molecule has 0 atom stereocenters. The predicted molar refractivity (Wildman–Crippen MR) is 489 cm³/mol. The molecule has 0 spiro atoms. The molecule has 640 valence electrons. The number of halogens is 4. The third-order valence-corrected chi connectivity index (χ3v) is 23.0. The molecule has 8 aromatic carbocycles. The highest BCUT2D eigenvalue weighted by molar-refractivity contribution is 6.00. The van der Waals surface area contributed by atoms with Gasteiger partial charge < -0.3 is 19.6 Å². The quantitative estimate of drug-likeness (QED) is 0.0221. The molecule has 1 saturated carbocycles. The van der Waals surface area contributed by atoms with Crippen LogP contribution in [0, 0.1) is 51.4 Å². The number of pyridine rings is 4. The van der Waals surface area contributed by atoms with E-state index in [0.29, 0.717) is 105 Å². The monoisotopic (exact) mass is 1670 g/mol. The fourth-order valence-corrected chi connectivity index (χ4v) is 15.0. The van der Waals surface area contributed by atoms with Gasteiger partial charge >= 0.3 is 0 Å². The van der Waals surface area contributed by atoms with Gasteiger partial charge in [0.05, 0.1) is 5.69 Å². The van der Waals surface area contributed by atoms with Gasteiger partial charge in [0, 0.05) is 151 Å². The maximum Gasteiger partial charge on any atom is 0.226 e. The Balaban J connectivity index is 0.000000173. The van der Waals surface area contributed by atoms with Gasteiger partial charge in [0.25, 0.3) is 0 Å². The predicted octanol–water partition coefficient (Wildman–Crippen LogP) is 23.7. The Morgan fingerprint density at radius 3 is 0.976 bits per heavy atom. The molecule has 4 aromatic heterocycles. The maximum atomic E-state index is 14.9. The van der Waals surface area contributed by atoms with Crippen molar-refractivity contribution in [3.05, 3.63) is 334 Å². The van der Waals surface area contributed by atoms with Crippen LogP contribution in [0.1, 0.15) is 199 Å². The molecule has 0 saturated heterocycles. The molecule has 4 heterocycles. The fourth-order valence-electron chi connectivity index (χ4n) is 15.0. The van der Waals surface area contributed by atoms with Crippen molar-refractivity contribution in [3.63, 3.8) is 0 Å². The summed E-state index contributed by atoms with van der Waals surface area (Å²) in [4.78, 5) is 109. The zero-order valence-electron chi connectivity index (χ0n) is 73.1. The van der Waals surface area contributed by atoms with Gasteiger partial charge in [-0.15, -0.1) is 0 Å². The lowest BCUT2D eigenvalue weighted by Gasteiger charge is -2.29. The van der Waals surface area contributed by atoms with Crippen LogP contribution in [0.25, 0.3) is 44.5 Å². The van der Waals surface area contributed by atoms with Gasteiger partial charge in [-0.1, -0.05) is 185 Å². The van der Waals surface area contributed by atoms with E-state index >= 15 is 0 Å². The van der Waals surface area contributed by atoms with Crippen LogP contribution in [0.2, 0.25) is 0 Å². The number of hydrogen-bond acceptors (Lipinski definition) is 12. The summed E-state index contributed by atoms with van der Waals surface area (Å²) in [6.45, 7) is 23.2. The summed E-state index contributed by atoms with van der Waals surface area (Å²) in [5, 5.41) is 0. The molecular formula is C105H110F4N8O7. The Kier molecular flexibility index (Phi) is 33.6. The summed E-state index contributed by atoms with van der Waals surface area (Å²) in [6.07, 6.45) is 9.90. The van der Waals surface area contributed by atoms with E-state index in [4.69, 9.17) is 0 Å². The number of carbonyl (C=O) groups excluding carboxylic acids is 7. The maximum absolute atomic E-state index is 14.9. The van der Waals surface area contributed by atoms with Crippen molar-refractivity contribution >= 4 is 63.6 Å². The van der Waals surface area contributed by atoms with Crippen LogP contribution in [0.4, 0.5) is 40.3 Å². The number of amides is 3. The Morgan fingerprint density at radius 1 is 0.347 bits per heavy atom. The molecular weight excluding hydrogens is 1560 g/mol. The van der Waals surface area contributed by atoms with E-state index in [0.717, 1.165) is 126 Å². The summed E-state index contributed by atoms with van der Waals surface area (Å²) in [6, 6.07) is 72.3. The molecule has 0 radical (unpaired) electrons. The molecule has 1 fully saturated rings. The first-order valence-electron chi connectivity index (χ1n) is 42.8. The minimum absolute atomic E-state index is 0.0438. The molecule has 12 aromatic rings. The average Bonchev–Trinajstić information content (AvgIpc) is 1.61. The molecule has 0 unspecified atom stereocenters. The Hall–Kier alpha value is -13.0. The van der Waals surface area contributed by atoms with Crippen molar-refractivity contribution < 1.29 is 51.1 Å². The van der Waals surface area contributed by atoms with Crippen molar-refractivity contribution in [2.24, 2.45) is 0 Å². The number of ketones is 4. The first kappa shape index (κ1) is 93.2. The van der Waals surface area contributed by atoms with Gasteiger partial charge in [-0.2, -0.15) is 18.2 Å². The molecule has 15 nitrogen and oxygen atoms in total. The van der Waals surface area contributed by atoms with Crippen LogP contribution in [-0.4, -0.2) is 93.0 Å². The molecule has 0 aliphatic heterocycles. The second kappa shape index (κ2) is 44.7. The van der Waals surface area contributed by atoms with Crippen LogP contribution in [0.15, 0.2) is 243 Å². The van der Waals surface area contributed by atoms with E-state index < -0.39 is 17.8 Å². The fraction of sp³-hybridized carbons (Fsp3) is 0.286. The van der Waals surface area contributed by atoms with E-state index in [1.54, 1.807) is 52.1 Å². The highest BCUT2D eigenvalue weighted by Crippen LogP contribution is 2.47. The molecule has 0 bridgehead atoms. The second-order valence-electron chi connectivity index (χ2n) is 30.8. The average molecular weight is 1670 g/mol. The summed E-state index contributed by atoms with van der Waals surface area (Å²) < 4.78 is 54.5. The topological polar surface area (TPSA) is 184 Å². The SMILES string of the molecule is CCC(=O)N(CC)c1ccc(-c2ccc(C(=O)CCc3ccc(C)nc3C)cc2)cc1.CCC(=O)N(CC)c1ccc(-c2ccc(C(=O)CCc3ccc(F)nc3C)cc2)cc1.CCC(=O)N(CC)c1ccc(-c2ccc(C(=O)CCc3ccc(F)nc3F)cc2)cc1.CCC1(N(C)c2ccc(-c3ccc(C(=O)CCc4cccnc4C)cc3)cc2F)CC1. The summed E-state index contributed by atoms with van der Waals surface area (Å²) in [5.41, 5.74) is 20.7. The first-order valence-corrected chi connectivity index (χ1v) is 42.8. The van der Waals surface area contributed by atoms with Crippen LogP contribution >= 0.6 is 0 Å².